The molecule has 2 nitrogen and oxygen atoms in total. The smallest absolute Gasteiger partial charge is 0.237 e. The molecule has 0 heterocycles. The van der Waals surface area contributed by atoms with Crippen molar-refractivity contribution in [1.82, 2.24) is 0 Å². The van der Waals surface area contributed by atoms with Crippen LogP contribution in [0.5, 0.6) is 0 Å². The van der Waals surface area contributed by atoms with Crippen LogP contribution in [0.3, 0.4) is 0 Å². The fraction of sp³-hybridized carbons (Fsp3) is 0.143. The largest absolute Gasteiger partial charge is 0.289 e. The van der Waals surface area contributed by atoms with Gasteiger partial charge in [0.05, 0.1) is 5.57 Å². The molecular formula is C21H19O2. The molecule has 2 heteroatoms. The molecule has 0 aliphatic heterocycles. The second-order valence-electron chi connectivity index (χ2n) is 5.31. The Labute approximate surface area is 137 Å². The number of benzene rings is 2. The zero-order valence-electron chi connectivity index (χ0n) is 13.2. The third-order valence-electron chi connectivity index (χ3n) is 3.52. The normalized spacial score (nSPS) is 12.0. The van der Waals surface area contributed by atoms with Gasteiger partial charge in [-0.3, -0.25) is 9.59 Å². The van der Waals surface area contributed by atoms with E-state index in [4.69, 9.17) is 0 Å². The summed E-state index contributed by atoms with van der Waals surface area (Å²) in [7, 11) is 0. The Morgan fingerprint density at radius 2 is 1.61 bits per heavy atom. The standard InChI is InChI=1S/C21H19O2/c1-17(15-19-11-6-3-7-12-19)21(23)20(16-22)14-8-13-18-9-4-2-5-10-18/h2-7,9-12,14-15H,8,13H2,1H3. The number of hydrogen-bond donors (Lipinski definition) is 0. The van der Waals surface area contributed by atoms with Gasteiger partial charge in [0, 0.05) is 0 Å². The molecule has 23 heavy (non-hydrogen) atoms. The topological polar surface area (TPSA) is 34.1 Å². The molecule has 0 aromatic heterocycles. The lowest BCUT2D eigenvalue weighted by Gasteiger charge is -2.02. The maximum Gasteiger partial charge on any atom is 0.237 e. The van der Waals surface area contributed by atoms with Gasteiger partial charge in [-0.2, -0.15) is 0 Å². The van der Waals surface area contributed by atoms with Crippen LogP contribution in [0.2, 0.25) is 0 Å². The van der Waals surface area contributed by atoms with E-state index in [0.717, 1.165) is 12.0 Å². The number of allylic oxidation sites excluding steroid dienone is 3. The molecule has 0 bridgehead atoms. The second-order valence-corrected chi connectivity index (χ2v) is 5.31. The van der Waals surface area contributed by atoms with Gasteiger partial charge in [0.25, 0.3) is 0 Å². The number of hydrogen-bond acceptors (Lipinski definition) is 2. The van der Waals surface area contributed by atoms with E-state index in [9.17, 15) is 9.59 Å². The lowest BCUT2D eigenvalue weighted by atomic mass is 10.0. The monoisotopic (exact) mass is 303 g/mol. The van der Waals surface area contributed by atoms with E-state index >= 15 is 0 Å². The number of ketones is 1. The third-order valence-corrected chi connectivity index (χ3v) is 3.52. The van der Waals surface area contributed by atoms with Crippen molar-refractivity contribution < 1.29 is 9.59 Å². The first-order valence-electron chi connectivity index (χ1n) is 7.61. The predicted octanol–water partition coefficient (Wildman–Crippen LogP) is 4.33. The maximum absolute atomic E-state index is 12.3. The maximum atomic E-state index is 12.3. The van der Waals surface area contributed by atoms with Crippen LogP contribution in [-0.4, -0.2) is 12.1 Å². The van der Waals surface area contributed by atoms with Gasteiger partial charge in [0.2, 0.25) is 6.29 Å². The Kier molecular flexibility index (Phi) is 6.25. The first kappa shape index (κ1) is 16.6. The fourth-order valence-corrected chi connectivity index (χ4v) is 2.29. The lowest BCUT2D eigenvalue weighted by molar-refractivity contribution is -0.111. The third kappa shape index (κ3) is 5.19. The van der Waals surface area contributed by atoms with Crippen LogP contribution < -0.4 is 0 Å². The molecule has 0 unspecified atom stereocenters. The Balaban J connectivity index is 2.04. The molecule has 1 radical (unpaired) electrons. The van der Waals surface area contributed by atoms with Crippen LogP contribution in [0, 0.1) is 0 Å². The molecule has 0 saturated heterocycles. The van der Waals surface area contributed by atoms with Crippen LogP contribution >= 0.6 is 0 Å². The quantitative estimate of drug-likeness (QED) is 0.433. The summed E-state index contributed by atoms with van der Waals surface area (Å²) in [6.45, 7) is 1.72. The van der Waals surface area contributed by atoms with Crippen LogP contribution in [0.25, 0.3) is 6.08 Å². The van der Waals surface area contributed by atoms with E-state index in [1.54, 1.807) is 25.4 Å². The molecule has 0 aliphatic carbocycles. The zero-order chi connectivity index (χ0) is 16.5. The number of aryl methyl sites for hydroxylation is 1. The molecule has 0 atom stereocenters. The summed E-state index contributed by atoms with van der Waals surface area (Å²) < 4.78 is 0. The predicted molar refractivity (Wildman–Crippen MR) is 93.6 cm³/mol. The minimum absolute atomic E-state index is 0.102. The molecule has 0 fully saturated rings. The van der Waals surface area contributed by atoms with Gasteiger partial charge >= 0.3 is 0 Å². The molecule has 0 N–H and O–H groups in total. The van der Waals surface area contributed by atoms with E-state index in [1.807, 2.05) is 60.7 Å². The molecule has 2 rings (SSSR count). The van der Waals surface area contributed by atoms with Gasteiger partial charge in [-0.15, -0.1) is 0 Å². The minimum Gasteiger partial charge on any atom is -0.289 e. The van der Waals surface area contributed by atoms with Crippen LogP contribution in [-0.2, 0) is 16.0 Å². The molecule has 2 aromatic rings. The molecule has 2 aromatic carbocycles. The second kappa shape index (κ2) is 8.64. The summed E-state index contributed by atoms with van der Waals surface area (Å²) in [6, 6.07) is 19.5. The Bertz CT molecular complexity index is 710. The Morgan fingerprint density at radius 3 is 2.22 bits per heavy atom. The molecule has 0 aliphatic rings. The molecule has 115 valence electrons. The van der Waals surface area contributed by atoms with Gasteiger partial charge in [-0.05, 0) is 42.5 Å². The van der Waals surface area contributed by atoms with E-state index < -0.39 is 0 Å². The highest BCUT2D eigenvalue weighted by Gasteiger charge is 2.11. The van der Waals surface area contributed by atoms with Crippen molar-refractivity contribution in [2.45, 2.75) is 19.8 Å². The van der Waals surface area contributed by atoms with Crippen molar-refractivity contribution in [3.8, 4) is 0 Å². The van der Waals surface area contributed by atoms with Gasteiger partial charge in [-0.1, -0.05) is 66.7 Å². The van der Waals surface area contributed by atoms with Gasteiger partial charge in [-0.25, -0.2) is 0 Å². The number of carbonyl (C=O) groups excluding carboxylic acids is 2. The van der Waals surface area contributed by atoms with Crippen LogP contribution in [0.15, 0.2) is 77.9 Å². The summed E-state index contributed by atoms with van der Waals surface area (Å²) in [5.41, 5.74) is 2.75. The Morgan fingerprint density at radius 1 is 1.00 bits per heavy atom. The summed E-state index contributed by atoms with van der Waals surface area (Å²) in [4.78, 5) is 23.4. The summed E-state index contributed by atoms with van der Waals surface area (Å²) >= 11 is 0. The highest BCUT2D eigenvalue weighted by molar-refractivity contribution is 6.21. The molecule has 0 amide bonds. The van der Waals surface area contributed by atoms with Crippen molar-refractivity contribution in [1.29, 1.82) is 0 Å². The van der Waals surface area contributed by atoms with Gasteiger partial charge in [0.15, 0.2) is 5.78 Å². The summed E-state index contributed by atoms with van der Waals surface area (Å²) in [6.07, 6.45) is 6.66. The van der Waals surface area contributed by atoms with Crippen molar-refractivity contribution >= 4 is 18.1 Å². The average molecular weight is 303 g/mol. The fourth-order valence-electron chi connectivity index (χ4n) is 2.29. The highest BCUT2D eigenvalue weighted by atomic mass is 16.1. The van der Waals surface area contributed by atoms with E-state index in [1.165, 1.54) is 5.56 Å². The van der Waals surface area contributed by atoms with E-state index in [2.05, 4.69) is 0 Å². The van der Waals surface area contributed by atoms with Crippen LogP contribution in [0.1, 0.15) is 24.5 Å². The molecular weight excluding hydrogens is 284 g/mol. The van der Waals surface area contributed by atoms with Crippen molar-refractivity contribution in [2.24, 2.45) is 0 Å². The zero-order valence-corrected chi connectivity index (χ0v) is 13.2. The van der Waals surface area contributed by atoms with Crippen molar-refractivity contribution in [3.63, 3.8) is 0 Å². The van der Waals surface area contributed by atoms with Gasteiger partial charge < -0.3 is 0 Å². The number of rotatable bonds is 7. The average Bonchev–Trinajstić information content (AvgIpc) is 2.60. The van der Waals surface area contributed by atoms with Crippen molar-refractivity contribution in [3.05, 3.63) is 89.0 Å². The summed E-state index contributed by atoms with van der Waals surface area (Å²) in [5.74, 6) is -0.267. The number of carbonyl (C=O) groups is 1. The lowest BCUT2D eigenvalue weighted by Crippen LogP contribution is -2.05. The van der Waals surface area contributed by atoms with Gasteiger partial charge in [0.1, 0.15) is 0 Å². The molecule has 0 saturated carbocycles. The highest BCUT2D eigenvalue weighted by Crippen LogP contribution is 2.12. The number of Topliss-reactive ketones (excluding diaryl/α,β-unsaturated/α-hetero) is 1. The van der Waals surface area contributed by atoms with E-state index in [-0.39, 0.29) is 11.4 Å². The first-order chi connectivity index (χ1) is 11.2. The SMILES string of the molecule is CC(=Cc1ccccc1)C(=O)C([C]=O)=CCCc1ccccc1. The Hall–Kier alpha value is -2.74. The minimum atomic E-state index is -0.267. The molecule has 0 spiro atoms. The first-order valence-corrected chi connectivity index (χ1v) is 7.61. The van der Waals surface area contributed by atoms with E-state index in [0.29, 0.717) is 12.0 Å². The summed E-state index contributed by atoms with van der Waals surface area (Å²) in [5, 5.41) is 0. The van der Waals surface area contributed by atoms with Crippen molar-refractivity contribution in [2.75, 3.05) is 0 Å². The van der Waals surface area contributed by atoms with Crippen LogP contribution in [0.4, 0.5) is 0 Å².